The predicted molar refractivity (Wildman–Crippen MR) is 130 cm³/mol. The monoisotopic (exact) mass is 516 g/mol. The summed E-state index contributed by atoms with van der Waals surface area (Å²) in [5.41, 5.74) is 0.574. The van der Waals surface area contributed by atoms with E-state index in [0.717, 1.165) is 0 Å². The van der Waals surface area contributed by atoms with E-state index in [1.807, 2.05) is 0 Å². The lowest BCUT2D eigenvalue weighted by atomic mass is 9.72. The number of carboxylic acids is 2. The number of hydrogen-bond donors (Lipinski definition) is 8. The second-order valence-electron chi connectivity index (χ2n) is 8.16. The van der Waals surface area contributed by atoms with Crippen LogP contribution in [0.1, 0.15) is 45.7 Å². The fourth-order valence-electron chi connectivity index (χ4n) is 3.63. The Morgan fingerprint density at radius 3 is 2.16 bits per heavy atom. The van der Waals surface area contributed by atoms with E-state index < -0.39 is 49.7 Å². The molecule has 1 heterocycles. The summed E-state index contributed by atoms with van der Waals surface area (Å²) in [6, 6.07) is 8.82. The van der Waals surface area contributed by atoms with Gasteiger partial charge in [-0.1, -0.05) is 24.3 Å². The van der Waals surface area contributed by atoms with E-state index in [1.165, 1.54) is 38.1 Å². The average molecular weight is 516 g/mol. The molecular weight excluding hydrogens is 490 g/mol. The summed E-state index contributed by atoms with van der Waals surface area (Å²) in [6.07, 6.45) is 0.224. The van der Waals surface area contributed by atoms with Gasteiger partial charge >= 0.3 is 26.2 Å². The largest absolute Gasteiger partial charge is 0.547 e. The van der Waals surface area contributed by atoms with Crippen molar-refractivity contribution in [2.75, 3.05) is 0 Å². The first-order valence-corrected chi connectivity index (χ1v) is 11.0. The van der Waals surface area contributed by atoms with Gasteiger partial charge in [0.05, 0.1) is 17.4 Å². The molecular formula is C22H26B2N2O11. The molecule has 3 rings (SSSR count). The molecule has 15 heteroatoms. The number of carbonyl (C=O) groups excluding carboxylic acids is 2. The number of phenols is 1. The van der Waals surface area contributed by atoms with Crippen LogP contribution in [0.2, 0.25) is 0 Å². The van der Waals surface area contributed by atoms with Crippen LogP contribution in [0.15, 0.2) is 36.4 Å². The summed E-state index contributed by atoms with van der Waals surface area (Å²) >= 11 is 0. The normalized spacial score (nSPS) is 14.6. The number of aromatic carboxylic acids is 2. The highest BCUT2D eigenvalue weighted by Crippen LogP contribution is 2.30. The van der Waals surface area contributed by atoms with Gasteiger partial charge in [0.25, 0.3) is 0 Å². The Morgan fingerprint density at radius 1 is 1.03 bits per heavy atom. The van der Waals surface area contributed by atoms with Gasteiger partial charge in [-0.15, -0.1) is 0 Å². The fourth-order valence-corrected chi connectivity index (χ4v) is 3.63. The average Bonchev–Trinajstić information content (AvgIpc) is 2.79. The van der Waals surface area contributed by atoms with Crippen LogP contribution in [0.4, 0.5) is 0 Å². The van der Waals surface area contributed by atoms with E-state index in [-0.39, 0.29) is 34.8 Å². The molecule has 2 aromatic rings. The molecule has 0 aliphatic carbocycles. The van der Waals surface area contributed by atoms with E-state index >= 15 is 0 Å². The Kier molecular flexibility index (Phi) is 10.1. The van der Waals surface area contributed by atoms with Crippen LogP contribution in [0, 0.1) is 0 Å². The minimum Gasteiger partial charge on any atom is -0.534 e. The lowest BCUT2D eigenvalue weighted by molar-refractivity contribution is -0.120. The van der Waals surface area contributed by atoms with E-state index in [9.17, 15) is 29.3 Å². The van der Waals surface area contributed by atoms with Crippen molar-refractivity contribution in [1.29, 1.82) is 0 Å². The highest BCUT2D eigenvalue weighted by molar-refractivity contribution is 6.47. The summed E-state index contributed by atoms with van der Waals surface area (Å²) in [5.74, 6) is -5.04. The summed E-state index contributed by atoms with van der Waals surface area (Å²) in [4.78, 5) is 43.7. The Morgan fingerprint density at radius 2 is 1.62 bits per heavy atom. The first-order chi connectivity index (χ1) is 17.3. The quantitative estimate of drug-likeness (QED) is 0.208. The van der Waals surface area contributed by atoms with E-state index in [1.54, 1.807) is 12.1 Å². The lowest BCUT2D eigenvalue weighted by Crippen LogP contribution is -2.52. The molecule has 0 saturated heterocycles. The number of para-hydroxylation sites is 2. The van der Waals surface area contributed by atoms with Gasteiger partial charge in [0.15, 0.2) is 0 Å². The van der Waals surface area contributed by atoms with E-state index in [2.05, 4.69) is 10.6 Å². The van der Waals surface area contributed by atoms with E-state index in [4.69, 9.17) is 24.9 Å². The number of aromatic hydroxyl groups is 1. The van der Waals surface area contributed by atoms with Gasteiger partial charge in [-0.05, 0) is 36.1 Å². The smallest absolute Gasteiger partial charge is 0.534 e. The zero-order chi connectivity index (χ0) is 27.9. The topological polar surface area (TPSA) is 223 Å². The molecule has 13 nitrogen and oxygen atoms in total. The van der Waals surface area contributed by atoms with Crippen LogP contribution in [0.3, 0.4) is 0 Å². The minimum absolute atomic E-state index is 0.00725. The Hall–Kier alpha value is -4.07. The number of benzene rings is 2. The molecule has 0 fully saturated rings. The van der Waals surface area contributed by atoms with Gasteiger partial charge in [-0.2, -0.15) is 0 Å². The third-order valence-corrected chi connectivity index (χ3v) is 5.28. The van der Waals surface area contributed by atoms with Crippen LogP contribution < -0.4 is 15.3 Å². The molecule has 196 valence electrons. The molecule has 37 heavy (non-hydrogen) atoms. The number of amides is 2. The van der Waals surface area contributed by atoms with Crippen molar-refractivity contribution >= 4 is 38.0 Å². The zero-order valence-electron chi connectivity index (χ0n) is 19.9. The highest BCUT2D eigenvalue weighted by atomic mass is 16.5. The van der Waals surface area contributed by atoms with Crippen LogP contribution in [-0.2, 0) is 22.4 Å². The second-order valence-corrected chi connectivity index (χ2v) is 8.16. The van der Waals surface area contributed by atoms with Crippen molar-refractivity contribution in [2.24, 2.45) is 0 Å². The molecule has 1 aliphatic heterocycles. The molecule has 2 amide bonds. The molecule has 1 aliphatic rings. The minimum atomic E-state index is -1.82. The van der Waals surface area contributed by atoms with Gasteiger partial charge in [0.1, 0.15) is 17.1 Å². The first-order valence-electron chi connectivity index (χ1n) is 11.0. The Bertz CT molecular complexity index is 1180. The summed E-state index contributed by atoms with van der Waals surface area (Å²) < 4.78 is 5.20. The zero-order valence-corrected chi connectivity index (χ0v) is 19.9. The van der Waals surface area contributed by atoms with Crippen molar-refractivity contribution in [1.82, 2.24) is 10.6 Å². The molecule has 2 atom stereocenters. The first kappa shape index (κ1) is 29.2. The molecule has 2 unspecified atom stereocenters. The fraction of sp³-hybridized carbons (Fsp3) is 0.273. The van der Waals surface area contributed by atoms with Crippen molar-refractivity contribution in [2.45, 2.75) is 38.6 Å². The van der Waals surface area contributed by atoms with Crippen LogP contribution in [-0.4, -0.2) is 80.3 Å². The maximum absolute atomic E-state index is 11.0. The second kappa shape index (κ2) is 12.8. The van der Waals surface area contributed by atoms with Gasteiger partial charge in [-0.25, -0.2) is 9.59 Å². The molecule has 0 aromatic heterocycles. The Labute approximate surface area is 212 Å². The highest BCUT2D eigenvalue weighted by Gasteiger charge is 2.37. The lowest BCUT2D eigenvalue weighted by Gasteiger charge is -2.28. The van der Waals surface area contributed by atoms with Crippen molar-refractivity contribution in [3.05, 3.63) is 58.7 Å². The molecule has 0 spiro atoms. The molecule has 8 N–H and O–H groups in total. The van der Waals surface area contributed by atoms with Crippen molar-refractivity contribution in [3.63, 3.8) is 0 Å². The third-order valence-electron chi connectivity index (χ3n) is 5.28. The molecule has 0 saturated carbocycles. The number of nitrogens with one attached hydrogen (secondary N) is 2. The maximum Gasteiger partial charge on any atom is 0.547 e. The number of carbonyl (C=O) groups is 4. The van der Waals surface area contributed by atoms with Crippen molar-refractivity contribution < 1.29 is 54.2 Å². The molecule has 2 aromatic carbocycles. The number of carboxylic acid groups (broad SMARTS) is 2. The van der Waals surface area contributed by atoms with E-state index in [0.29, 0.717) is 12.0 Å². The van der Waals surface area contributed by atoms with Gasteiger partial charge in [-0.3, -0.25) is 9.59 Å². The predicted octanol–water partition coefficient (Wildman–Crippen LogP) is -1.01. The molecule has 0 bridgehead atoms. The van der Waals surface area contributed by atoms with Crippen molar-refractivity contribution in [3.8, 4) is 11.5 Å². The Balaban J connectivity index is 0.000000260. The van der Waals surface area contributed by atoms with Crippen LogP contribution >= 0.6 is 0 Å². The summed E-state index contributed by atoms with van der Waals surface area (Å²) in [5, 5.41) is 60.5. The number of hydrogen-bond acceptors (Lipinski definition) is 9. The van der Waals surface area contributed by atoms with Crippen LogP contribution in [0.25, 0.3) is 0 Å². The molecule has 0 radical (unpaired) electrons. The van der Waals surface area contributed by atoms with Crippen LogP contribution in [0.5, 0.6) is 11.5 Å². The van der Waals surface area contributed by atoms with Gasteiger partial charge < -0.3 is 45.7 Å². The van der Waals surface area contributed by atoms with Gasteiger partial charge in [0, 0.05) is 13.8 Å². The summed E-state index contributed by atoms with van der Waals surface area (Å²) in [6.45, 7) is 2.55. The van der Waals surface area contributed by atoms with Gasteiger partial charge in [0.2, 0.25) is 11.8 Å². The number of fused-ring (bicyclic) bond motifs is 1. The summed E-state index contributed by atoms with van der Waals surface area (Å²) in [7, 11) is -3.07. The SMILES string of the molecule is CC(=O)NC(Cc1cccc(C(=O)O)c1O)B(O)O.CC(=O)NC1Cc2cccc(C(=O)O)c2OB1O. The third kappa shape index (κ3) is 7.96. The standard InChI is InChI=1S/C11H14BNO6.C11H12BNO5/c1-6(14)13-9(12(18)19)5-7-3-2-4-8(10(7)15)11(16)17;1-6(14)13-9-5-7-3-2-4-8(11(15)16)10(7)18-12(9)17/h2-4,9,15,18-19H,5H2,1H3,(H,13,14)(H,16,17);2-4,9,17H,5H2,1H3,(H,13,14)(H,15,16). The maximum atomic E-state index is 11.0. The number of rotatable bonds is 7.